The number of carbonyl (C=O) groups is 1. The Balaban J connectivity index is 1.97. The van der Waals surface area contributed by atoms with Gasteiger partial charge in [-0.3, -0.25) is 0 Å². The predicted octanol–water partition coefficient (Wildman–Crippen LogP) is 2.06. The standard InChI is InChI=1S/C13H22F3N3O/c1-18(9-13(14,15)16)12(20)19-8-2-3-11(19)10-4-6-17-7-5-10/h10-11,17H,2-9H2,1H3. The zero-order chi connectivity index (χ0) is 14.8. The summed E-state index contributed by atoms with van der Waals surface area (Å²) < 4.78 is 37.2. The first-order valence-corrected chi connectivity index (χ1v) is 7.17. The van der Waals surface area contributed by atoms with Crippen LogP contribution < -0.4 is 5.32 Å². The normalized spacial score (nSPS) is 25.0. The van der Waals surface area contributed by atoms with Crippen LogP contribution in [0.3, 0.4) is 0 Å². The molecular weight excluding hydrogens is 271 g/mol. The highest BCUT2D eigenvalue weighted by atomic mass is 19.4. The fraction of sp³-hybridized carbons (Fsp3) is 0.923. The molecule has 2 saturated heterocycles. The van der Waals surface area contributed by atoms with E-state index in [4.69, 9.17) is 0 Å². The van der Waals surface area contributed by atoms with E-state index in [1.54, 1.807) is 4.90 Å². The molecule has 2 amide bonds. The van der Waals surface area contributed by atoms with Crippen LogP contribution in [0, 0.1) is 5.92 Å². The van der Waals surface area contributed by atoms with Gasteiger partial charge in [0.25, 0.3) is 0 Å². The van der Waals surface area contributed by atoms with Crippen molar-refractivity contribution < 1.29 is 18.0 Å². The molecule has 0 aliphatic carbocycles. The Morgan fingerprint density at radius 1 is 1.30 bits per heavy atom. The fourth-order valence-electron chi connectivity index (χ4n) is 3.30. The maximum absolute atomic E-state index is 12.4. The van der Waals surface area contributed by atoms with Gasteiger partial charge in [0.2, 0.25) is 0 Å². The molecule has 2 aliphatic rings. The molecule has 1 N–H and O–H groups in total. The quantitative estimate of drug-likeness (QED) is 0.846. The minimum absolute atomic E-state index is 0.111. The number of halogens is 3. The van der Waals surface area contributed by atoms with E-state index in [-0.39, 0.29) is 6.04 Å². The second-order valence-corrected chi connectivity index (χ2v) is 5.74. The van der Waals surface area contributed by atoms with Crippen molar-refractivity contribution in [2.24, 2.45) is 5.92 Å². The lowest BCUT2D eigenvalue weighted by Gasteiger charge is -2.36. The summed E-state index contributed by atoms with van der Waals surface area (Å²) in [6, 6.07) is -0.372. The smallest absolute Gasteiger partial charge is 0.321 e. The van der Waals surface area contributed by atoms with E-state index >= 15 is 0 Å². The van der Waals surface area contributed by atoms with E-state index in [1.165, 1.54) is 7.05 Å². The average Bonchev–Trinajstić information content (AvgIpc) is 2.86. The van der Waals surface area contributed by atoms with Crippen LogP contribution in [0.2, 0.25) is 0 Å². The highest BCUT2D eigenvalue weighted by Crippen LogP contribution is 2.30. The third-order valence-corrected chi connectivity index (χ3v) is 4.22. The molecule has 4 nitrogen and oxygen atoms in total. The summed E-state index contributed by atoms with van der Waals surface area (Å²) in [5, 5.41) is 3.27. The van der Waals surface area contributed by atoms with Crippen molar-refractivity contribution in [3.63, 3.8) is 0 Å². The van der Waals surface area contributed by atoms with Crippen LogP contribution in [-0.2, 0) is 0 Å². The molecule has 20 heavy (non-hydrogen) atoms. The molecule has 2 fully saturated rings. The number of rotatable bonds is 2. The topological polar surface area (TPSA) is 35.6 Å². The Kier molecular flexibility index (Phi) is 4.78. The van der Waals surface area contributed by atoms with Crippen molar-refractivity contribution in [1.29, 1.82) is 0 Å². The molecule has 0 aromatic carbocycles. The number of carbonyl (C=O) groups excluding carboxylic acids is 1. The number of likely N-dealkylation sites (tertiary alicyclic amines) is 1. The van der Waals surface area contributed by atoms with E-state index < -0.39 is 18.8 Å². The molecule has 0 aromatic rings. The number of hydrogen-bond acceptors (Lipinski definition) is 2. The average molecular weight is 293 g/mol. The zero-order valence-corrected chi connectivity index (χ0v) is 11.7. The Labute approximate surface area is 117 Å². The number of nitrogens with zero attached hydrogens (tertiary/aromatic N) is 2. The van der Waals surface area contributed by atoms with Crippen molar-refractivity contribution in [2.75, 3.05) is 33.2 Å². The molecule has 7 heteroatoms. The van der Waals surface area contributed by atoms with Gasteiger partial charge in [-0.25, -0.2) is 4.79 Å². The van der Waals surface area contributed by atoms with Gasteiger partial charge in [-0.15, -0.1) is 0 Å². The molecule has 2 heterocycles. The lowest BCUT2D eigenvalue weighted by Crippen LogP contribution is -2.50. The number of piperidine rings is 1. The van der Waals surface area contributed by atoms with E-state index in [2.05, 4.69) is 5.32 Å². The van der Waals surface area contributed by atoms with Gasteiger partial charge in [0.15, 0.2) is 0 Å². The summed E-state index contributed by atoms with van der Waals surface area (Å²) in [5.74, 6) is 0.419. The van der Waals surface area contributed by atoms with E-state index in [9.17, 15) is 18.0 Å². The highest BCUT2D eigenvalue weighted by molar-refractivity contribution is 5.75. The molecule has 0 saturated carbocycles. The lowest BCUT2D eigenvalue weighted by molar-refractivity contribution is -0.138. The summed E-state index contributed by atoms with van der Waals surface area (Å²) in [6.07, 6.45) is -0.542. The van der Waals surface area contributed by atoms with E-state index in [1.807, 2.05) is 0 Å². The maximum atomic E-state index is 12.4. The van der Waals surface area contributed by atoms with E-state index in [0.29, 0.717) is 12.5 Å². The van der Waals surface area contributed by atoms with Crippen LogP contribution in [0.1, 0.15) is 25.7 Å². The van der Waals surface area contributed by atoms with Gasteiger partial charge in [-0.2, -0.15) is 13.2 Å². The molecular formula is C13H22F3N3O. The maximum Gasteiger partial charge on any atom is 0.406 e. The number of amides is 2. The number of urea groups is 1. The lowest BCUT2D eigenvalue weighted by atomic mass is 9.89. The van der Waals surface area contributed by atoms with Gasteiger partial charge in [0.05, 0.1) is 0 Å². The molecule has 0 aromatic heterocycles. The summed E-state index contributed by atoms with van der Waals surface area (Å²) in [7, 11) is 1.23. The fourth-order valence-corrected chi connectivity index (χ4v) is 3.30. The van der Waals surface area contributed by atoms with Crippen molar-refractivity contribution in [2.45, 2.75) is 37.9 Å². The number of hydrogen-bond donors (Lipinski definition) is 1. The third-order valence-electron chi connectivity index (χ3n) is 4.22. The van der Waals surface area contributed by atoms with Gasteiger partial charge in [0.1, 0.15) is 6.54 Å². The molecule has 0 radical (unpaired) electrons. The molecule has 2 rings (SSSR count). The zero-order valence-electron chi connectivity index (χ0n) is 11.7. The molecule has 0 spiro atoms. The van der Waals surface area contributed by atoms with Gasteiger partial charge >= 0.3 is 12.2 Å². The first kappa shape index (κ1) is 15.4. The van der Waals surface area contributed by atoms with Gasteiger partial charge in [-0.05, 0) is 44.7 Å². The van der Waals surface area contributed by atoms with Crippen LogP contribution in [0.15, 0.2) is 0 Å². The second-order valence-electron chi connectivity index (χ2n) is 5.74. The van der Waals surface area contributed by atoms with Crippen LogP contribution in [-0.4, -0.2) is 61.3 Å². The first-order chi connectivity index (χ1) is 9.38. The Bertz CT molecular complexity index is 342. The van der Waals surface area contributed by atoms with Crippen molar-refractivity contribution in [3.8, 4) is 0 Å². The molecule has 0 bridgehead atoms. The first-order valence-electron chi connectivity index (χ1n) is 7.17. The number of nitrogens with one attached hydrogen (secondary N) is 1. The Morgan fingerprint density at radius 2 is 1.95 bits per heavy atom. The summed E-state index contributed by atoms with van der Waals surface area (Å²) in [4.78, 5) is 14.7. The van der Waals surface area contributed by atoms with Crippen LogP contribution in [0.5, 0.6) is 0 Å². The summed E-state index contributed by atoms with van der Waals surface area (Å²) >= 11 is 0. The van der Waals surface area contributed by atoms with Crippen LogP contribution in [0.25, 0.3) is 0 Å². The second kappa shape index (κ2) is 6.20. The summed E-state index contributed by atoms with van der Waals surface area (Å²) in [6.45, 7) is 1.26. The monoisotopic (exact) mass is 293 g/mol. The largest absolute Gasteiger partial charge is 0.406 e. The van der Waals surface area contributed by atoms with Gasteiger partial charge < -0.3 is 15.1 Å². The van der Waals surface area contributed by atoms with Crippen LogP contribution in [0.4, 0.5) is 18.0 Å². The minimum Gasteiger partial charge on any atom is -0.321 e. The molecule has 1 unspecified atom stereocenters. The minimum atomic E-state index is -4.34. The van der Waals surface area contributed by atoms with Crippen LogP contribution >= 0.6 is 0 Å². The highest BCUT2D eigenvalue weighted by Gasteiger charge is 2.39. The Hall–Kier alpha value is -0.980. The van der Waals surface area contributed by atoms with E-state index in [0.717, 1.165) is 43.7 Å². The van der Waals surface area contributed by atoms with Crippen molar-refractivity contribution in [1.82, 2.24) is 15.1 Å². The molecule has 116 valence electrons. The van der Waals surface area contributed by atoms with Crippen molar-refractivity contribution >= 4 is 6.03 Å². The number of alkyl halides is 3. The molecule has 1 atom stereocenters. The SMILES string of the molecule is CN(CC(F)(F)F)C(=O)N1CCCC1C1CCNCC1. The predicted molar refractivity (Wildman–Crippen MR) is 69.4 cm³/mol. The Morgan fingerprint density at radius 3 is 2.55 bits per heavy atom. The summed E-state index contributed by atoms with van der Waals surface area (Å²) in [5.41, 5.74) is 0. The molecule has 2 aliphatic heterocycles. The van der Waals surface area contributed by atoms with Gasteiger partial charge in [-0.1, -0.05) is 0 Å². The van der Waals surface area contributed by atoms with Gasteiger partial charge in [0, 0.05) is 19.6 Å². The van der Waals surface area contributed by atoms with Crippen molar-refractivity contribution in [3.05, 3.63) is 0 Å². The third kappa shape index (κ3) is 3.77.